The van der Waals surface area contributed by atoms with Crippen LogP contribution in [0.25, 0.3) is 33.9 Å². The quantitative estimate of drug-likeness (QED) is 0.496. The molecule has 2 heterocycles. The number of aromatic nitrogens is 1. The highest BCUT2D eigenvalue weighted by atomic mass is 16.3. The molecule has 0 aliphatic carbocycles. The van der Waals surface area contributed by atoms with E-state index in [-0.39, 0.29) is 0 Å². The molecule has 4 aromatic rings. The third-order valence-corrected chi connectivity index (χ3v) is 3.60. The van der Waals surface area contributed by atoms with E-state index in [9.17, 15) is 5.11 Å². The van der Waals surface area contributed by atoms with Gasteiger partial charge in [0.15, 0.2) is 0 Å². The fourth-order valence-electron chi connectivity index (χ4n) is 2.80. The molecule has 0 unspecified atom stereocenters. The lowest BCUT2D eigenvalue weighted by Gasteiger charge is -1.94. The van der Waals surface area contributed by atoms with Crippen molar-refractivity contribution >= 4 is 33.9 Å². The Morgan fingerprint density at radius 3 is 2.11 bits per heavy atom. The monoisotopic (exact) mass is 233 g/mol. The zero-order valence-corrected chi connectivity index (χ0v) is 9.72. The van der Waals surface area contributed by atoms with Crippen molar-refractivity contribution in [3.63, 3.8) is 0 Å². The maximum absolute atomic E-state index is 10.4. The number of aromatic hydroxyl groups is 1. The molecule has 0 radical (unpaired) electrons. The number of hydrogen-bond donors (Lipinski definition) is 1. The number of para-hydroxylation sites is 2. The van der Waals surface area contributed by atoms with E-state index in [1.165, 1.54) is 0 Å². The lowest BCUT2D eigenvalue weighted by Crippen LogP contribution is -1.92. The Morgan fingerprint density at radius 1 is 0.833 bits per heavy atom. The van der Waals surface area contributed by atoms with Crippen LogP contribution < -0.4 is 5.22 Å². The molecule has 0 aliphatic heterocycles. The van der Waals surface area contributed by atoms with Crippen LogP contribution in [0.15, 0.2) is 48.5 Å². The molecular formula is C16H11NO. The SMILES string of the molecule is C=c1c2ccccc2n2c1c(O)c1ccccc12. The number of hydrogen-bond acceptors (Lipinski definition) is 1. The second-order valence-corrected chi connectivity index (χ2v) is 4.55. The molecule has 2 aromatic carbocycles. The minimum Gasteiger partial charge on any atom is -0.505 e. The van der Waals surface area contributed by atoms with Crippen molar-refractivity contribution in [3.05, 3.63) is 53.7 Å². The van der Waals surface area contributed by atoms with E-state index in [0.29, 0.717) is 5.75 Å². The first-order chi connectivity index (χ1) is 8.79. The van der Waals surface area contributed by atoms with Crippen molar-refractivity contribution in [2.24, 2.45) is 0 Å². The van der Waals surface area contributed by atoms with E-state index in [2.05, 4.69) is 17.0 Å². The Balaban J connectivity index is 2.49. The minimum atomic E-state index is 0.326. The van der Waals surface area contributed by atoms with Gasteiger partial charge in [0.05, 0.1) is 16.6 Å². The van der Waals surface area contributed by atoms with E-state index >= 15 is 0 Å². The molecule has 0 atom stereocenters. The lowest BCUT2D eigenvalue weighted by molar-refractivity contribution is 0.487. The third kappa shape index (κ3) is 0.938. The molecule has 86 valence electrons. The molecule has 2 nitrogen and oxygen atoms in total. The van der Waals surface area contributed by atoms with Crippen LogP contribution in [0.5, 0.6) is 5.75 Å². The molecule has 0 aliphatic rings. The predicted octanol–water partition coefficient (Wildman–Crippen LogP) is 3.08. The van der Waals surface area contributed by atoms with Gasteiger partial charge in [0.2, 0.25) is 0 Å². The summed E-state index contributed by atoms with van der Waals surface area (Å²) in [5.41, 5.74) is 2.93. The second-order valence-electron chi connectivity index (χ2n) is 4.55. The second kappa shape index (κ2) is 3.05. The summed E-state index contributed by atoms with van der Waals surface area (Å²) in [6, 6.07) is 16.0. The molecule has 1 N–H and O–H groups in total. The van der Waals surface area contributed by atoms with Crippen molar-refractivity contribution < 1.29 is 5.11 Å². The molecule has 0 saturated heterocycles. The average Bonchev–Trinajstić information content (AvgIpc) is 2.87. The highest BCUT2D eigenvalue weighted by Gasteiger charge is 2.15. The van der Waals surface area contributed by atoms with E-state index in [1.807, 2.05) is 42.5 Å². The summed E-state index contributed by atoms with van der Waals surface area (Å²) in [7, 11) is 0. The van der Waals surface area contributed by atoms with Crippen LogP contribution in [0, 0.1) is 0 Å². The fourth-order valence-corrected chi connectivity index (χ4v) is 2.80. The first-order valence-electron chi connectivity index (χ1n) is 5.90. The van der Waals surface area contributed by atoms with Crippen LogP contribution in [0.3, 0.4) is 0 Å². The number of rotatable bonds is 0. The summed E-state index contributed by atoms with van der Waals surface area (Å²) in [5.74, 6) is 0.326. The van der Waals surface area contributed by atoms with Crippen LogP contribution in [-0.2, 0) is 0 Å². The van der Waals surface area contributed by atoms with E-state index in [4.69, 9.17) is 0 Å². The van der Waals surface area contributed by atoms with Gasteiger partial charge in [0, 0.05) is 16.0 Å². The van der Waals surface area contributed by atoms with Crippen molar-refractivity contribution in [1.82, 2.24) is 4.40 Å². The van der Waals surface area contributed by atoms with Gasteiger partial charge < -0.3 is 9.51 Å². The van der Waals surface area contributed by atoms with Gasteiger partial charge in [0.25, 0.3) is 0 Å². The molecule has 18 heavy (non-hydrogen) atoms. The molecule has 0 amide bonds. The van der Waals surface area contributed by atoms with Gasteiger partial charge in [-0.3, -0.25) is 0 Å². The van der Waals surface area contributed by atoms with Gasteiger partial charge in [0.1, 0.15) is 5.75 Å². The summed E-state index contributed by atoms with van der Waals surface area (Å²) in [5, 5.41) is 13.2. The Hall–Kier alpha value is -2.48. The van der Waals surface area contributed by atoms with E-state index in [1.54, 1.807) is 0 Å². The Bertz CT molecular complexity index is 950. The predicted molar refractivity (Wildman–Crippen MR) is 74.8 cm³/mol. The Labute approximate surface area is 103 Å². The van der Waals surface area contributed by atoms with Crippen LogP contribution in [0.4, 0.5) is 0 Å². The van der Waals surface area contributed by atoms with Gasteiger partial charge in [-0.15, -0.1) is 0 Å². The molecule has 0 fully saturated rings. The third-order valence-electron chi connectivity index (χ3n) is 3.60. The molecular weight excluding hydrogens is 222 g/mol. The topological polar surface area (TPSA) is 24.6 Å². The van der Waals surface area contributed by atoms with E-state index < -0.39 is 0 Å². The number of nitrogens with zero attached hydrogens (tertiary/aromatic N) is 1. The summed E-state index contributed by atoms with van der Waals surface area (Å²) >= 11 is 0. The Kier molecular flexibility index (Phi) is 1.61. The van der Waals surface area contributed by atoms with Crippen molar-refractivity contribution in [1.29, 1.82) is 0 Å². The van der Waals surface area contributed by atoms with Gasteiger partial charge in [-0.05, 0) is 18.2 Å². The smallest absolute Gasteiger partial charge is 0.149 e. The summed E-state index contributed by atoms with van der Waals surface area (Å²) in [6.45, 7) is 4.11. The van der Waals surface area contributed by atoms with Crippen molar-refractivity contribution in [3.8, 4) is 5.75 Å². The highest BCUT2D eigenvalue weighted by Crippen LogP contribution is 2.33. The van der Waals surface area contributed by atoms with Crippen LogP contribution >= 0.6 is 0 Å². The normalized spacial score (nSPS) is 11.8. The first-order valence-corrected chi connectivity index (χ1v) is 5.90. The fraction of sp³-hybridized carbons (Fsp3) is 0. The van der Waals surface area contributed by atoms with Gasteiger partial charge in [-0.2, -0.15) is 0 Å². The van der Waals surface area contributed by atoms with E-state index in [0.717, 1.165) is 32.5 Å². The largest absolute Gasteiger partial charge is 0.505 e. The minimum absolute atomic E-state index is 0.326. The zero-order chi connectivity index (χ0) is 12.3. The lowest BCUT2D eigenvalue weighted by atomic mass is 10.2. The standard InChI is InChI=1S/C16H11NO/c1-10-11-6-2-4-8-13(11)17-14-9-5-3-7-12(14)16(18)15(10)17/h2-9,18H,1H2. The maximum atomic E-state index is 10.4. The number of benzene rings is 2. The van der Waals surface area contributed by atoms with Crippen LogP contribution in [-0.4, -0.2) is 9.51 Å². The highest BCUT2D eigenvalue weighted by molar-refractivity contribution is 6.03. The number of fused-ring (bicyclic) bond motifs is 5. The molecule has 0 spiro atoms. The van der Waals surface area contributed by atoms with Gasteiger partial charge in [-0.1, -0.05) is 36.9 Å². The molecule has 4 rings (SSSR count). The summed E-state index contributed by atoms with van der Waals surface area (Å²) < 4.78 is 2.09. The Morgan fingerprint density at radius 2 is 1.39 bits per heavy atom. The van der Waals surface area contributed by atoms with Crippen LogP contribution in [0.2, 0.25) is 0 Å². The van der Waals surface area contributed by atoms with Crippen molar-refractivity contribution in [2.75, 3.05) is 0 Å². The van der Waals surface area contributed by atoms with Crippen molar-refractivity contribution in [2.45, 2.75) is 0 Å². The van der Waals surface area contributed by atoms with Gasteiger partial charge >= 0.3 is 0 Å². The maximum Gasteiger partial charge on any atom is 0.149 e. The summed E-state index contributed by atoms with van der Waals surface area (Å²) in [6.07, 6.45) is 0. The molecule has 0 bridgehead atoms. The molecule has 0 saturated carbocycles. The molecule has 2 heteroatoms. The molecule has 2 aromatic heterocycles. The average molecular weight is 233 g/mol. The van der Waals surface area contributed by atoms with Crippen LogP contribution in [0.1, 0.15) is 0 Å². The zero-order valence-electron chi connectivity index (χ0n) is 9.72. The first kappa shape index (κ1) is 9.54. The summed E-state index contributed by atoms with van der Waals surface area (Å²) in [4.78, 5) is 0. The van der Waals surface area contributed by atoms with Gasteiger partial charge in [-0.25, -0.2) is 0 Å².